The van der Waals surface area contributed by atoms with E-state index in [-0.39, 0.29) is 0 Å². The highest BCUT2D eigenvalue weighted by Gasteiger charge is 2.22. The topological polar surface area (TPSA) is 46.8 Å². The summed E-state index contributed by atoms with van der Waals surface area (Å²) >= 11 is 0. The zero-order valence-electron chi connectivity index (χ0n) is 14.3. The van der Waals surface area contributed by atoms with Crippen molar-refractivity contribution < 1.29 is 0 Å². The summed E-state index contributed by atoms with van der Waals surface area (Å²) in [7, 11) is 0. The van der Waals surface area contributed by atoms with Crippen LogP contribution >= 0.6 is 0 Å². The summed E-state index contributed by atoms with van der Waals surface area (Å²) in [6, 6.07) is 12.9. The van der Waals surface area contributed by atoms with Crippen molar-refractivity contribution in [3.63, 3.8) is 0 Å². The molecule has 0 aliphatic carbocycles. The van der Waals surface area contributed by atoms with E-state index in [9.17, 15) is 0 Å². The van der Waals surface area contributed by atoms with Crippen molar-refractivity contribution >= 4 is 0 Å². The van der Waals surface area contributed by atoms with E-state index in [0.29, 0.717) is 5.92 Å². The van der Waals surface area contributed by atoms with Gasteiger partial charge in [0.05, 0.1) is 6.54 Å². The third kappa shape index (κ3) is 4.12. The molecule has 25 heavy (non-hydrogen) atoms. The minimum absolute atomic E-state index is 0.524. The molecule has 3 heterocycles. The summed E-state index contributed by atoms with van der Waals surface area (Å²) in [4.78, 5) is 11.0. The van der Waals surface area contributed by atoms with Crippen LogP contribution in [0.25, 0.3) is 0 Å². The van der Waals surface area contributed by atoms with Crippen molar-refractivity contribution in [2.75, 3.05) is 13.1 Å². The number of hydrogen-bond acceptors (Lipinski definition) is 4. The van der Waals surface area contributed by atoms with Gasteiger partial charge in [0.2, 0.25) is 0 Å². The number of likely N-dealkylation sites (tertiary alicyclic amines) is 1. The van der Waals surface area contributed by atoms with Crippen LogP contribution < -0.4 is 0 Å². The fourth-order valence-corrected chi connectivity index (χ4v) is 3.57. The van der Waals surface area contributed by atoms with Crippen LogP contribution in [0, 0.1) is 0 Å². The van der Waals surface area contributed by atoms with E-state index in [4.69, 9.17) is 0 Å². The van der Waals surface area contributed by atoms with Crippen LogP contribution in [0.3, 0.4) is 0 Å². The van der Waals surface area contributed by atoms with Gasteiger partial charge in [-0.25, -0.2) is 9.97 Å². The summed E-state index contributed by atoms with van der Waals surface area (Å²) in [6.45, 7) is 4.07. The summed E-state index contributed by atoms with van der Waals surface area (Å²) in [6.07, 6.45) is 9.77. The molecule has 3 aromatic rings. The number of piperidine rings is 1. The molecule has 0 spiro atoms. The Labute approximate surface area is 148 Å². The summed E-state index contributed by atoms with van der Waals surface area (Å²) in [5, 5.41) is 4.26. The number of rotatable bonds is 5. The van der Waals surface area contributed by atoms with Gasteiger partial charge in [-0.2, -0.15) is 5.10 Å². The zero-order valence-corrected chi connectivity index (χ0v) is 14.3. The molecule has 0 bridgehead atoms. The first-order valence-electron chi connectivity index (χ1n) is 8.90. The minimum Gasteiger partial charge on any atom is -0.298 e. The maximum Gasteiger partial charge on any atom is 0.115 e. The van der Waals surface area contributed by atoms with E-state index < -0.39 is 0 Å². The molecule has 4 rings (SSSR count). The Morgan fingerprint density at radius 3 is 2.56 bits per heavy atom. The molecule has 1 saturated heterocycles. The first-order chi connectivity index (χ1) is 12.4. The van der Waals surface area contributed by atoms with Gasteiger partial charge < -0.3 is 0 Å². The summed E-state index contributed by atoms with van der Waals surface area (Å²) in [5.74, 6) is 0.524. The second kappa shape index (κ2) is 7.57. The highest BCUT2D eigenvalue weighted by molar-refractivity contribution is 5.23. The lowest BCUT2D eigenvalue weighted by Crippen LogP contribution is -2.34. The van der Waals surface area contributed by atoms with Crippen molar-refractivity contribution in [1.82, 2.24) is 24.6 Å². The van der Waals surface area contributed by atoms with Crippen LogP contribution in [0.5, 0.6) is 0 Å². The lowest BCUT2D eigenvalue weighted by molar-refractivity contribution is 0.198. The molecule has 1 aromatic carbocycles. The van der Waals surface area contributed by atoms with Gasteiger partial charge in [-0.05, 0) is 42.6 Å². The maximum atomic E-state index is 4.44. The molecule has 0 N–H and O–H groups in total. The largest absolute Gasteiger partial charge is 0.298 e. The van der Waals surface area contributed by atoms with Crippen molar-refractivity contribution in [2.24, 2.45) is 0 Å². The lowest BCUT2D eigenvalue weighted by atomic mass is 9.94. The molecule has 1 fully saturated rings. The Balaban J connectivity index is 1.36. The average molecular weight is 333 g/mol. The standard InChI is InChI=1S/C20H23N5/c1-3-19(20-8-10-21-16-22-20)15-24(11-1)13-17-4-6-18(7-5-17)14-25-12-2-9-23-25/h2,4-10,12,16,19H,1,3,11,13-15H2. The first kappa shape index (κ1) is 16.0. The maximum absolute atomic E-state index is 4.44. The fraction of sp³-hybridized carbons (Fsp3) is 0.350. The second-order valence-electron chi connectivity index (χ2n) is 6.73. The predicted molar refractivity (Wildman–Crippen MR) is 97.1 cm³/mol. The SMILES string of the molecule is c1cnn(Cc2ccc(CN3CCCC(c4ccncn4)C3)cc2)c1. The molecule has 1 atom stereocenters. The van der Waals surface area contributed by atoms with E-state index in [1.165, 1.54) is 29.7 Å². The van der Waals surface area contributed by atoms with E-state index >= 15 is 0 Å². The molecule has 0 amide bonds. The molecule has 5 heteroatoms. The number of hydrogen-bond donors (Lipinski definition) is 0. The molecule has 0 saturated carbocycles. The quantitative estimate of drug-likeness (QED) is 0.720. The van der Waals surface area contributed by atoms with Gasteiger partial charge in [0.15, 0.2) is 0 Å². The Morgan fingerprint density at radius 1 is 1.00 bits per heavy atom. The van der Waals surface area contributed by atoms with Gasteiger partial charge in [-0.3, -0.25) is 9.58 Å². The highest BCUT2D eigenvalue weighted by Crippen LogP contribution is 2.26. The smallest absolute Gasteiger partial charge is 0.115 e. The molecule has 0 radical (unpaired) electrons. The Kier molecular flexibility index (Phi) is 4.84. The summed E-state index contributed by atoms with van der Waals surface area (Å²) in [5.41, 5.74) is 3.83. The third-order valence-corrected chi connectivity index (χ3v) is 4.86. The van der Waals surface area contributed by atoms with Gasteiger partial charge in [-0.15, -0.1) is 0 Å². The van der Waals surface area contributed by atoms with Crippen molar-refractivity contribution in [2.45, 2.75) is 31.8 Å². The van der Waals surface area contributed by atoms with E-state index in [1.54, 1.807) is 6.33 Å². The van der Waals surface area contributed by atoms with Gasteiger partial charge in [-0.1, -0.05) is 24.3 Å². The highest BCUT2D eigenvalue weighted by atomic mass is 15.3. The van der Waals surface area contributed by atoms with Crippen LogP contribution in [0.2, 0.25) is 0 Å². The van der Waals surface area contributed by atoms with Crippen molar-refractivity contribution in [3.8, 4) is 0 Å². The molecule has 128 valence electrons. The van der Waals surface area contributed by atoms with Crippen LogP contribution in [0.4, 0.5) is 0 Å². The Bertz CT molecular complexity index is 768. The molecule has 5 nitrogen and oxygen atoms in total. The molecule has 1 unspecified atom stereocenters. The van der Waals surface area contributed by atoms with Gasteiger partial charge >= 0.3 is 0 Å². The molecule has 1 aliphatic heterocycles. The van der Waals surface area contributed by atoms with Crippen LogP contribution in [-0.2, 0) is 13.1 Å². The van der Waals surface area contributed by atoms with Crippen LogP contribution in [0.1, 0.15) is 35.6 Å². The minimum atomic E-state index is 0.524. The van der Waals surface area contributed by atoms with Gasteiger partial charge in [0.1, 0.15) is 6.33 Å². The normalized spacial score (nSPS) is 18.3. The van der Waals surface area contributed by atoms with Gasteiger partial charge in [0, 0.05) is 43.3 Å². The van der Waals surface area contributed by atoms with Gasteiger partial charge in [0.25, 0.3) is 0 Å². The zero-order chi connectivity index (χ0) is 16.9. The molecular weight excluding hydrogens is 310 g/mol. The van der Waals surface area contributed by atoms with E-state index in [2.05, 4.69) is 50.3 Å². The van der Waals surface area contributed by atoms with E-state index in [1.807, 2.05) is 29.3 Å². The van der Waals surface area contributed by atoms with Crippen LogP contribution in [-0.4, -0.2) is 37.7 Å². The van der Waals surface area contributed by atoms with Crippen LogP contribution in [0.15, 0.2) is 61.3 Å². The first-order valence-corrected chi connectivity index (χ1v) is 8.90. The molecular formula is C20H23N5. The Hall–Kier alpha value is -2.53. The Morgan fingerprint density at radius 2 is 1.84 bits per heavy atom. The molecule has 1 aliphatic rings. The van der Waals surface area contributed by atoms with E-state index in [0.717, 1.165) is 26.2 Å². The summed E-state index contributed by atoms with van der Waals surface area (Å²) < 4.78 is 1.95. The lowest BCUT2D eigenvalue weighted by Gasteiger charge is -2.32. The predicted octanol–water partition coefficient (Wildman–Crippen LogP) is 3.10. The van der Waals surface area contributed by atoms with Crippen molar-refractivity contribution in [1.29, 1.82) is 0 Å². The second-order valence-corrected chi connectivity index (χ2v) is 6.73. The fourth-order valence-electron chi connectivity index (χ4n) is 3.57. The number of aromatic nitrogens is 4. The van der Waals surface area contributed by atoms with Crippen molar-refractivity contribution in [3.05, 3.63) is 78.1 Å². The number of nitrogens with zero attached hydrogens (tertiary/aromatic N) is 5. The average Bonchev–Trinajstić information content (AvgIpc) is 3.17. The molecule has 2 aromatic heterocycles. The number of benzene rings is 1. The monoisotopic (exact) mass is 333 g/mol. The third-order valence-electron chi connectivity index (χ3n) is 4.86.